The van der Waals surface area contributed by atoms with Crippen molar-refractivity contribution in [2.24, 2.45) is 0 Å². The monoisotopic (exact) mass is 196 g/mol. The molecule has 2 nitrogen and oxygen atoms in total. The van der Waals surface area contributed by atoms with Gasteiger partial charge in [0.2, 0.25) is 0 Å². The second-order valence-corrected chi connectivity index (χ2v) is 3.86. The van der Waals surface area contributed by atoms with Crippen LogP contribution in [0.1, 0.15) is 24.5 Å². The van der Waals surface area contributed by atoms with Crippen LogP contribution in [-0.2, 0) is 0 Å². The standard InChI is InChI=1S/C10H13ClN2/c11-9-1-2-10(13-7-9)8-3-5-12-6-4-8/h1-2,7-8,12H,3-6H2. The van der Waals surface area contributed by atoms with E-state index in [-0.39, 0.29) is 0 Å². The summed E-state index contributed by atoms with van der Waals surface area (Å²) >= 11 is 5.78. The summed E-state index contributed by atoms with van der Waals surface area (Å²) in [5, 5.41) is 4.06. The Hall–Kier alpha value is -0.600. The number of nitrogens with one attached hydrogen (secondary N) is 1. The fourth-order valence-electron chi connectivity index (χ4n) is 1.75. The molecule has 1 aliphatic rings. The maximum atomic E-state index is 5.78. The topological polar surface area (TPSA) is 24.9 Å². The van der Waals surface area contributed by atoms with Crippen molar-refractivity contribution in [1.82, 2.24) is 10.3 Å². The van der Waals surface area contributed by atoms with Gasteiger partial charge in [0.05, 0.1) is 5.02 Å². The molecule has 13 heavy (non-hydrogen) atoms. The van der Waals surface area contributed by atoms with Crippen LogP contribution in [0.5, 0.6) is 0 Å². The first kappa shape index (κ1) is 8.97. The lowest BCUT2D eigenvalue weighted by molar-refractivity contribution is 0.453. The highest BCUT2D eigenvalue weighted by Crippen LogP contribution is 2.23. The van der Waals surface area contributed by atoms with Crippen LogP contribution < -0.4 is 5.32 Å². The summed E-state index contributed by atoms with van der Waals surface area (Å²) in [6, 6.07) is 3.96. The van der Waals surface area contributed by atoms with E-state index < -0.39 is 0 Å². The van der Waals surface area contributed by atoms with Gasteiger partial charge in [0.1, 0.15) is 0 Å². The predicted molar refractivity (Wildman–Crippen MR) is 54.1 cm³/mol. The van der Waals surface area contributed by atoms with Gasteiger partial charge in [0.15, 0.2) is 0 Å². The lowest BCUT2D eigenvalue weighted by atomic mass is 9.94. The van der Waals surface area contributed by atoms with Gasteiger partial charge in [-0.25, -0.2) is 0 Å². The molecule has 0 aliphatic carbocycles. The van der Waals surface area contributed by atoms with Crippen LogP contribution in [0.3, 0.4) is 0 Å². The van der Waals surface area contributed by atoms with Crippen molar-refractivity contribution in [2.45, 2.75) is 18.8 Å². The van der Waals surface area contributed by atoms with E-state index in [1.165, 1.54) is 18.5 Å². The number of pyridine rings is 1. The maximum Gasteiger partial charge on any atom is 0.0589 e. The lowest BCUT2D eigenvalue weighted by Gasteiger charge is -2.21. The van der Waals surface area contributed by atoms with E-state index in [1.54, 1.807) is 6.20 Å². The maximum absolute atomic E-state index is 5.78. The molecule has 0 bridgehead atoms. The molecule has 0 atom stereocenters. The normalized spacial score (nSPS) is 18.8. The molecule has 0 unspecified atom stereocenters. The van der Waals surface area contributed by atoms with Gasteiger partial charge >= 0.3 is 0 Å². The molecule has 1 N–H and O–H groups in total. The van der Waals surface area contributed by atoms with Crippen LogP contribution >= 0.6 is 11.6 Å². The second kappa shape index (κ2) is 4.07. The van der Waals surface area contributed by atoms with Crippen molar-refractivity contribution in [2.75, 3.05) is 13.1 Å². The molecular weight excluding hydrogens is 184 g/mol. The Kier molecular flexibility index (Phi) is 2.81. The SMILES string of the molecule is Clc1ccc(C2CCNCC2)nc1. The minimum atomic E-state index is 0.624. The smallest absolute Gasteiger partial charge is 0.0589 e. The first-order valence-electron chi connectivity index (χ1n) is 4.68. The summed E-state index contributed by atoms with van der Waals surface area (Å²) in [6.07, 6.45) is 4.11. The van der Waals surface area contributed by atoms with Gasteiger partial charge in [-0.3, -0.25) is 4.98 Å². The molecule has 0 spiro atoms. The molecule has 1 aliphatic heterocycles. The number of piperidine rings is 1. The van der Waals surface area contributed by atoms with E-state index in [9.17, 15) is 0 Å². The Bertz CT molecular complexity index is 265. The summed E-state index contributed by atoms with van der Waals surface area (Å²) in [6.45, 7) is 2.21. The van der Waals surface area contributed by atoms with E-state index in [0.717, 1.165) is 18.1 Å². The summed E-state index contributed by atoms with van der Waals surface area (Å²) in [4.78, 5) is 4.34. The van der Waals surface area contributed by atoms with Crippen LogP contribution in [-0.4, -0.2) is 18.1 Å². The highest BCUT2D eigenvalue weighted by molar-refractivity contribution is 6.30. The number of hydrogen-bond donors (Lipinski definition) is 1. The number of rotatable bonds is 1. The molecular formula is C10H13ClN2. The van der Waals surface area contributed by atoms with Crippen molar-refractivity contribution < 1.29 is 0 Å². The molecule has 70 valence electrons. The summed E-state index contributed by atoms with van der Waals surface area (Å²) in [5.41, 5.74) is 1.19. The van der Waals surface area contributed by atoms with Crippen molar-refractivity contribution in [3.8, 4) is 0 Å². The molecule has 1 saturated heterocycles. The molecule has 1 fully saturated rings. The lowest BCUT2D eigenvalue weighted by Crippen LogP contribution is -2.26. The van der Waals surface area contributed by atoms with Crippen LogP contribution in [0, 0.1) is 0 Å². The quantitative estimate of drug-likeness (QED) is 0.745. The van der Waals surface area contributed by atoms with E-state index >= 15 is 0 Å². The summed E-state index contributed by atoms with van der Waals surface area (Å²) < 4.78 is 0. The van der Waals surface area contributed by atoms with Gasteiger partial charge in [0, 0.05) is 17.8 Å². The summed E-state index contributed by atoms with van der Waals surface area (Å²) in [5.74, 6) is 0.624. The Morgan fingerprint density at radius 2 is 2.08 bits per heavy atom. The molecule has 1 aromatic rings. The van der Waals surface area contributed by atoms with Crippen molar-refractivity contribution in [3.63, 3.8) is 0 Å². The first-order valence-corrected chi connectivity index (χ1v) is 5.06. The zero-order valence-electron chi connectivity index (χ0n) is 7.46. The third kappa shape index (κ3) is 2.20. The third-order valence-corrected chi connectivity index (χ3v) is 2.73. The second-order valence-electron chi connectivity index (χ2n) is 3.43. The van der Waals surface area contributed by atoms with Crippen molar-refractivity contribution in [3.05, 3.63) is 29.0 Å². The molecule has 2 rings (SSSR count). The number of hydrogen-bond acceptors (Lipinski definition) is 2. The fourth-order valence-corrected chi connectivity index (χ4v) is 1.86. The highest BCUT2D eigenvalue weighted by Gasteiger charge is 2.15. The van der Waals surface area contributed by atoms with E-state index in [1.807, 2.05) is 12.1 Å². The third-order valence-electron chi connectivity index (χ3n) is 2.51. The van der Waals surface area contributed by atoms with Crippen molar-refractivity contribution in [1.29, 1.82) is 0 Å². The largest absolute Gasteiger partial charge is 0.317 e. The summed E-state index contributed by atoms with van der Waals surface area (Å²) in [7, 11) is 0. The average Bonchev–Trinajstić information content (AvgIpc) is 2.20. The highest BCUT2D eigenvalue weighted by atomic mass is 35.5. The molecule has 3 heteroatoms. The predicted octanol–water partition coefficient (Wildman–Crippen LogP) is 2.20. The number of aromatic nitrogens is 1. The van der Waals surface area contributed by atoms with Crippen molar-refractivity contribution >= 4 is 11.6 Å². The average molecular weight is 197 g/mol. The Labute approximate surface area is 83.3 Å². The molecule has 0 saturated carbocycles. The minimum absolute atomic E-state index is 0.624. The van der Waals surface area contributed by atoms with Crippen LogP contribution in [0.25, 0.3) is 0 Å². The van der Waals surface area contributed by atoms with Gasteiger partial charge < -0.3 is 5.32 Å². The fraction of sp³-hybridized carbons (Fsp3) is 0.500. The van der Waals surface area contributed by atoms with E-state index in [2.05, 4.69) is 10.3 Å². The first-order chi connectivity index (χ1) is 6.36. The van der Waals surface area contributed by atoms with Crippen LogP contribution in [0.4, 0.5) is 0 Å². The van der Waals surface area contributed by atoms with Gasteiger partial charge in [-0.2, -0.15) is 0 Å². The Morgan fingerprint density at radius 3 is 2.69 bits per heavy atom. The molecule has 2 heterocycles. The van der Waals surface area contributed by atoms with Gasteiger partial charge in [-0.05, 0) is 38.1 Å². The molecule has 0 radical (unpaired) electrons. The number of halogens is 1. The number of nitrogens with zero attached hydrogens (tertiary/aromatic N) is 1. The van der Waals surface area contributed by atoms with E-state index in [0.29, 0.717) is 5.92 Å². The van der Waals surface area contributed by atoms with Crippen LogP contribution in [0.2, 0.25) is 5.02 Å². The van der Waals surface area contributed by atoms with Crippen LogP contribution in [0.15, 0.2) is 18.3 Å². The minimum Gasteiger partial charge on any atom is -0.317 e. The Morgan fingerprint density at radius 1 is 1.31 bits per heavy atom. The van der Waals surface area contributed by atoms with Gasteiger partial charge in [-0.15, -0.1) is 0 Å². The molecule has 0 amide bonds. The molecule has 1 aromatic heterocycles. The van der Waals surface area contributed by atoms with Gasteiger partial charge in [0.25, 0.3) is 0 Å². The molecule has 0 aromatic carbocycles. The Balaban J connectivity index is 2.10. The zero-order chi connectivity index (χ0) is 9.10. The zero-order valence-corrected chi connectivity index (χ0v) is 8.22. The van der Waals surface area contributed by atoms with Gasteiger partial charge in [-0.1, -0.05) is 11.6 Å². The van der Waals surface area contributed by atoms with E-state index in [4.69, 9.17) is 11.6 Å².